The standard InChI is InChI=1S/C11H12FN5O/c1-6-3-8(4-7(2)9(6)12)5-13-11(18)10-14-16-17-15-10/h3-4H,5H2,1-2H3,(H,13,18)(H,14,15,16,17). The number of nitrogens with zero attached hydrogens (tertiary/aromatic N) is 3. The quantitative estimate of drug-likeness (QED) is 0.846. The molecule has 0 fully saturated rings. The van der Waals surface area contributed by atoms with Crippen molar-refractivity contribution in [3.63, 3.8) is 0 Å². The van der Waals surface area contributed by atoms with E-state index >= 15 is 0 Å². The summed E-state index contributed by atoms with van der Waals surface area (Å²) in [5, 5.41) is 15.2. The van der Waals surface area contributed by atoms with Crippen LogP contribution in [0.25, 0.3) is 0 Å². The fourth-order valence-corrected chi connectivity index (χ4v) is 1.66. The molecule has 0 saturated heterocycles. The van der Waals surface area contributed by atoms with Crippen LogP contribution in [0.3, 0.4) is 0 Å². The van der Waals surface area contributed by atoms with Gasteiger partial charge in [0.05, 0.1) is 0 Å². The minimum Gasteiger partial charge on any atom is -0.345 e. The largest absolute Gasteiger partial charge is 0.345 e. The van der Waals surface area contributed by atoms with Crippen molar-refractivity contribution in [3.05, 3.63) is 40.5 Å². The highest BCUT2D eigenvalue weighted by Gasteiger charge is 2.10. The van der Waals surface area contributed by atoms with Crippen LogP contribution in [0.5, 0.6) is 0 Å². The molecule has 94 valence electrons. The zero-order chi connectivity index (χ0) is 13.1. The molecular formula is C11H12FN5O. The molecule has 0 atom stereocenters. The summed E-state index contributed by atoms with van der Waals surface area (Å²) in [6, 6.07) is 3.39. The lowest BCUT2D eigenvalue weighted by Crippen LogP contribution is -2.24. The van der Waals surface area contributed by atoms with Crippen molar-refractivity contribution >= 4 is 5.91 Å². The van der Waals surface area contributed by atoms with Crippen molar-refractivity contribution < 1.29 is 9.18 Å². The van der Waals surface area contributed by atoms with Gasteiger partial charge in [0, 0.05) is 6.54 Å². The van der Waals surface area contributed by atoms with Crippen molar-refractivity contribution in [1.82, 2.24) is 25.9 Å². The van der Waals surface area contributed by atoms with E-state index in [-0.39, 0.29) is 18.2 Å². The lowest BCUT2D eigenvalue weighted by Gasteiger charge is -2.07. The van der Waals surface area contributed by atoms with Crippen LogP contribution in [0.1, 0.15) is 27.3 Å². The van der Waals surface area contributed by atoms with Gasteiger partial charge in [0.2, 0.25) is 0 Å². The molecule has 0 bridgehead atoms. The molecule has 1 heterocycles. The van der Waals surface area contributed by atoms with Crippen LogP contribution in [-0.4, -0.2) is 26.5 Å². The van der Waals surface area contributed by atoms with Crippen molar-refractivity contribution in [2.24, 2.45) is 0 Å². The second-order valence-electron chi connectivity index (χ2n) is 3.96. The zero-order valence-corrected chi connectivity index (χ0v) is 9.99. The SMILES string of the molecule is Cc1cc(CNC(=O)c2nn[nH]n2)cc(C)c1F. The first kappa shape index (κ1) is 12.2. The Kier molecular flexibility index (Phi) is 3.31. The molecule has 0 aliphatic heterocycles. The van der Waals surface area contributed by atoms with Crippen LogP contribution >= 0.6 is 0 Å². The maximum Gasteiger partial charge on any atom is 0.293 e. The molecule has 0 saturated carbocycles. The molecule has 18 heavy (non-hydrogen) atoms. The molecule has 2 rings (SSSR count). The molecule has 2 aromatic rings. The molecule has 6 nitrogen and oxygen atoms in total. The zero-order valence-electron chi connectivity index (χ0n) is 9.99. The minimum atomic E-state index is -0.427. The van der Waals surface area contributed by atoms with E-state index in [1.54, 1.807) is 26.0 Å². The van der Waals surface area contributed by atoms with Crippen LogP contribution < -0.4 is 5.32 Å². The molecule has 0 spiro atoms. The monoisotopic (exact) mass is 249 g/mol. The van der Waals surface area contributed by atoms with E-state index in [1.807, 2.05) is 0 Å². The van der Waals surface area contributed by atoms with Crippen molar-refractivity contribution in [1.29, 1.82) is 0 Å². The Morgan fingerprint density at radius 2 is 2.06 bits per heavy atom. The third-order valence-electron chi connectivity index (χ3n) is 2.50. The van der Waals surface area contributed by atoms with E-state index < -0.39 is 5.91 Å². The molecule has 0 aliphatic rings. The summed E-state index contributed by atoms with van der Waals surface area (Å²) in [6.45, 7) is 3.66. The van der Waals surface area contributed by atoms with E-state index in [4.69, 9.17) is 0 Å². The Bertz CT molecular complexity index is 544. The molecule has 1 aromatic carbocycles. The summed E-state index contributed by atoms with van der Waals surface area (Å²) in [6.07, 6.45) is 0. The number of benzene rings is 1. The Hall–Kier alpha value is -2.31. The molecule has 0 radical (unpaired) electrons. The van der Waals surface area contributed by atoms with E-state index in [0.29, 0.717) is 11.1 Å². The summed E-state index contributed by atoms with van der Waals surface area (Å²) < 4.78 is 13.4. The molecular weight excluding hydrogens is 237 g/mol. The van der Waals surface area contributed by atoms with Gasteiger partial charge < -0.3 is 5.32 Å². The average molecular weight is 249 g/mol. The van der Waals surface area contributed by atoms with Gasteiger partial charge in [0.15, 0.2) is 0 Å². The topological polar surface area (TPSA) is 83.6 Å². The minimum absolute atomic E-state index is 0.0226. The first-order valence-electron chi connectivity index (χ1n) is 5.35. The van der Waals surface area contributed by atoms with Crippen molar-refractivity contribution in [2.75, 3.05) is 0 Å². The highest BCUT2D eigenvalue weighted by molar-refractivity contribution is 5.89. The number of aromatic nitrogens is 4. The number of carbonyl (C=O) groups excluding carboxylic acids is 1. The second kappa shape index (κ2) is 4.91. The molecule has 1 amide bonds. The van der Waals surface area contributed by atoms with E-state index in [0.717, 1.165) is 5.56 Å². The summed E-state index contributed by atoms with van der Waals surface area (Å²) in [4.78, 5) is 11.5. The van der Waals surface area contributed by atoms with Crippen LogP contribution in [-0.2, 0) is 6.54 Å². The fraction of sp³-hybridized carbons (Fsp3) is 0.273. The van der Waals surface area contributed by atoms with Gasteiger partial charge >= 0.3 is 0 Å². The number of rotatable bonds is 3. The maximum absolute atomic E-state index is 13.4. The molecule has 1 aromatic heterocycles. The van der Waals surface area contributed by atoms with Gasteiger partial charge in [0.1, 0.15) is 5.82 Å². The van der Waals surface area contributed by atoms with Gasteiger partial charge in [-0.1, -0.05) is 12.1 Å². The number of carbonyl (C=O) groups is 1. The molecule has 2 N–H and O–H groups in total. The number of H-pyrrole nitrogens is 1. The second-order valence-corrected chi connectivity index (χ2v) is 3.96. The Morgan fingerprint density at radius 1 is 1.39 bits per heavy atom. The number of amides is 1. The highest BCUT2D eigenvalue weighted by Crippen LogP contribution is 2.14. The lowest BCUT2D eigenvalue weighted by atomic mass is 10.1. The van der Waals surface area contributed by atoms with Gasteiger partial charge in [-0.05, 0) is 35.8 Å². The molecule has 0 aliphatic carbocycles. The van der Waals surface area contributed by atoms with Crippen LogP contribution in [0, 0.1) is 19.7 Å². The predicted molar refractivity (Wildman–Crippen MR) is 61.2 cm³/mol. The van der Waals surface area contributed by atoms with Gasteiger partial charge in [-0.25, -0.2) is 4.39 Å². The first-order chi connectivity index (χ1) is 8.58. The number of halogens is 1. The van der Waals surface area contributed by atoms with Crippen LogP contribution in [0.15, 0.2) is 12.1 Å². The number of hydrogen-bond acceptors (Lipinski definition) is 4. The van der Waals surface area contributed by atoms with Crippen LogP contribution in [0.4, 0.5) is 4.39 Å². The number of hydrogen-bond donors (Lipinski definition) is 2. The third kappa shape index (κ3) is 2.50. The van der Waals surface area contributed by atoms with Gasteiger partial charge in [-0.2, -0.15) is 5.21 Å². The molecule has 0 unspecified atom stereocenters. The Labute approximate surface area is 103 Å². The maximum atomic E-state index is 13.4. The van der Waals surface area contributed by atoms with E-state index in [9.17, 15) is 9.18 Å². The summed E-state index contributed by atoms with van der Waals surface area (Å²) >= 11 is 0. The Morgan fingerprint density at radius 3 is 2.61 bits per heavy atom. The molecule has 7 heteroatoms. The third-order valence-corrected chi connectivity index (χ3v) is 2.50. The number of tetrazole rings is 1. The van der Waals surface area contributed by atoms with E-state index in [1.165, 1.54) is 0 Å². The summed E-state index contributed by atoms with van der Waals surface area (Å²) in [5.41, 5.74) is 1.93. The highest BCUT2D eigenvalue weighted by atomic mass is 19.1. The average Bonchev–Trinajstić information content (AvgIpc) is 2.86. The fourth-order valence-electron chi connectivity index (χ4n) is 1.66. The normalized spacial score (nSPS) is 10.4. The number of nitrogens with one attached hydrogen (secondary N) is 2. The summed E-state index contributed by atoms with van der Waals surface area (Å²) in [5.74, 6) is -0.669. The van der Waals surface area contributed by atoms with Crippen LogP contribution in [0.2, 0.25) is 0 Å². The van der Waals surface area contributed by atoms with Gasteiger partial charge in [0.25, 0.3) is 11.7 Å². The predicted octanol–water partition coefficient (Wildman–Crippen LogP) is 0.886. The Balaban J connectivity index is 2.05. The first-order valence-corrected chi connectivity index (χ1v) is 5.35. The van der Waals surface area contributed by atoms with Gasteiger partial charge in [-0.15, -0.1) is 10.2 Å². The summed E-state index contributed by atoms with van der Waals surface area (Å²) in [7, 11) is 0. The number of aryl methyl sites for hydroxylation is 2. The smallest absolute Gasteiger partial charge is 0.293 e. The van der Waals surface area contributed by atoms with Crippen molar-refractivity contribution in [3.8, 4) is 0 Å². The van der Waals surface area contributed by atoms with Crippen molar-refractivity contribution in [2.45, 2.75) is 20.4 Å². The lowest BCUT2D eigenvalue weighted by molar-refractivity contribution is 0.0940. The van der Waals surface area contributed by atoms with Gasteiger partial charge in [-0.3, -0.25) is 4.79 Å². The van der Waals surface area contributed by atoms with E-state index in [2.05, 4.69) is 25.9 Å². The number of aromatic amines is 1.